The van der Waals surface area contributed by atoms with Crippen molar-refractivity contribution in [1.29, 1.82) is 0 Å². The van der Waals surface area contributed by atoms with Gasteiger partial charge in [0.25, 0.3) is 0 Å². The lowest BCUT2D eigenvalue weighted by Crippen LogP contribution is -2.48. The summed E-state index contributed by atoms with van der Waals surface area (Å²) in [7, 11) is 0. The van der Waals surface area contributed by atoms with E-state index >= 15 is 0 Å². The minimum absolute atomic E-state index is 0.148. The number of ether oxygens (including phenoxy) is 1. The molecule has 2 heterocycles. The average Bonchev–Trinajstić information content (AvgIpc) is 3.02. The summed E-state index contributed by atoms with van der Waals surface area (Å²) >= 11 is 6.03. The molecule has 1 aromatic heterocycles. The summed E-state index contributed by atoms with van der Waals surface area (Å²) in [6, 6.07) is 6.74. The third-order valence-electron chi connectivity index (χ3n) is 3.21. The molecule has 110 valence electrons. The molecule has 0 aliphatic carbocycles. The summed E-state index contributed by atoms with van der Waals surface area (Å²) in [5.74, 6) is -0.148. The Kier molecular flexibility index (Phi) is 4.19. The van der Waals surface area contributed by atoms with Gasteiger partial charge in [-0.05, 0) is 24.3 Å². The predicted molar refractivity (Wildman–Crippen MR) is 79.8 cm³/mol. The van der Waals surface area contributed by atoms with Gasteiger partial charge in [0.1, 0.15) is 6.04 Å². The summed E-state index contributed by atoms with van der Waals surface area (Å²) in [6.45, 7) is 1.66. The Labute approximate surface area is 127 Å². The molecular formula is C14H15ClN4O2. The molecule has 0 radical (unpaired) electrons. The molecule has 3 rings (SSSR count). The van der Waals surface area contributed by atoms with Crippen molar-refractivity contribution in [1.82, 2.24) is 15.1 Å². The Bertz CT molecular complexity index is 624. The van der Waals surface area contributed by atoms with Crippen molar-refractivity contribution in [2.24, 2.45) is 0 Å². The standard InChI is InChI=1S/C14H15ClN4O2/c15-10-2-3-13(19-6-1-4-17-19)11(8-10)18-14(20)12-9-21-7-5-16-12/h1-4,6,8,12,16H,5,7,9H2,(H,18,20). The molecule has 21 heavy (non-hydrogen) atoms. The molecule has 0 bridgehead atoms. The Hall–Kier alpha value is -1.89. The largest absolute Gasteiger partial charge is 0.378 e. The molecule has 1 aromatic carbocycles. The van der Waals surface area contributed by atoms with Crippen LogP contribution in [0.3, 0.4) is 0 Å². The molecule has 1 aliphatic heterocycles. The van der Waals surface area contributed by atoms with Crippen molar-refractivity contribution in [2.45, 2.75) is 6.04 Å². The Morgan fingerprint density at radius 3 is 3.14 bits per heavy atom. The molecule has 0 saturated carbocycles. The number of nitrogens with zero attached hydrogens (tertiary/aromatic N) is 2. The second kappa shape index (κ2) is 6.26. The first-order valence-corrected chi connectivity index (χ1v) is 7.03. The zero-order valence-corrected chi connectivity index (χ0v) is 12.0. The minimum Gasteiger partial charge on any atom is -0.378 e. The second-order valence-corrected chi connectivity index (χ2v) is 5.12. The van der Waals surface area contributed by atoms with Crippen molar-refractivity contribution < 1.29 is 9.53 Å². The van der Waals surface area contributed by atoms with Crippen LogP contribution >= 0.6 is 11.6 Å². The number of carbonyl (C=O) groups excluding carboxylic acids is 1. The van der Waals surface area contributed by atoms with E-state index in [1.54, 1.807) is 29.2 Å². The average molecular weight is 307 g/mol. The van der Waals surface area contributed by atoms with Gasteiger partial charge in [-0.1, -0.05) is 11.6 Å². The Morgan fingerprint density at radius 1 is 1.52 bits per heavy atom. The molecule has 0 spiro atoms. The number of anilines is 1. The molecule has 1 atom stereocenters. The lowest BCUT2D eigenvalue weighted by atomic mass is 10.2. The van der Waals surface area contributed by atoms with Crippen LogP contribution in [0.15, 0.2) is 36.7 Å². The first-order chi connectivity index (χ1) is 10.2. The van der Waals surface area contributed by atoms with Gasteiger partial charge in [-0.15, -0.1) is 0 Å². The van der Waals surface area contributed by atoms with Crippen LogP contribution in [0, 0.1) is 0 Å². The van der Waals surface area contributed by atoms with Crippen LogP contribution in [0.1, 0.15) is 0 Å². The van der Waals surface area contributed by atoms with Crippen molar-refractivity contribution in [3.63, 3.8) is 0 Å². The second-order valence-electron chi connectivity index (χ2n) is 4.68. The molecule has 1 amide bonds. The van der Waals surface area contributed by atoms with Crippen molar-refractivity contribution >= 4 is 23.2 Å². The summed E-state index contributed by atoms with van der Waals surface area (Å²) in [4.78, 5) is 12.3. The normalized spacial score (nSPS) is 18.4. The van der Waals surface area contributed by atoms with Gasteiger partial charge in [0.2, 0.25) is 5.91 Å². The quantitative estimate of drug-likeness (QED) is 0.901. The first kappa shape index (κ1) is 14.1. The molecule has 1 unspecified atom stereocenters. The van der Waals surface area contributed by atoms with Crippen LogP contribution in [0.5, 0.6) is 0 Å². The fourth-order valence-corrected chi connectivity index (χ4v) is 2.35. The molecular weight excluding hydrogens is 292 g/mol. The number of amides is 1. The molecule has 2 aromatic rings. The van der Waals surface area contributed by atoms with E-state index in [0.717, 1.165) is 5.69 Å². The van der Waals surface area contributed by atoms with Gasteiger partial charge >= 0.3 is 0 Å². The number of hydrogen-bond donors (Lipinski definition) is 2. The molecule has 1 aliphatic rings. The molecule has 2 N–H and O–H groups in total. The fourth-order valence-electron chi connectivity index (χ4n) is 2.17. The van der Waals surface area contributed by atoms with Gasteiger partial charge in [0.15, 0.2) is 0 Å². The number of morpholine rings is 1. The van der Waals surface area contributed by atoms with E-state index in [2.05, 4.69) is 15.7 Å². The number of benzene rings is 1. The van der Waals surface area contributed by atoms with Crippen LogP contribution < -0.4 is 10.6 Å². The van der Waals surface area contributed by atoms with Crippen LogP contribution in [-0.4, -0.2) is 41.5 Å². The van der Waals surface area contributed by atoms with Gasteiger partial charge < -0.3 is 15.4 Å². The first-order valence-electron chi connectivity index (χ1n) is 6.65. The zero-order chi connectivity index (χ0) is 14.7. The lowest BCUT2D eigenvalue weighted by Gasteiger charge is -2.23. The van der Waals surface area contributed by atoms with Crippen LogP contribution in [0.4, 0.5) is 5.69 Å². The number of hydrogen-bond acceptors (Lipinski definition) is 4. The van der Waals surface area contributed by atoms with Gasteiger partial charge in [-0.2, -0.15) is 5.10 Å². The van der Waals surface area contributed by atoms with Gasteiger partial charge in [0, 0.05) is 24.0 Å². The number of rotatable bonds is 3. The van der Waals surface area contributed by atoms with E-state index in [1.807, 2.05) is 12.1 Å². The maximum atomic E-state index is 12.3. The van der Waals surface area contributed by atoms with E-state index in [-0.39, 0.29) is 11.9 Å². The SMILES string of the molecule is O=C(Nc1cc(Cl)ccc1-n1cccn1)C1COCCN1. The van der Waals surface area contributed by atoms with E-state index in [1.165, 1.54) is 0 Å². The van der Waals surface area contributed by atoms with Crippen molar-refractivity contribution in [3.05, 3.63) is 41.7 Å². The van der Waals surface area contributed by atoms with Gasteiger partial charge in [-0.25, -0.2) is 4.68 Å². The highest BCUT2D eigenvalue weighted by Gasteiger charge is 2.22. The lowest BCUT2D eigenvalue weighted by molar-refractivity contribution is -0.120. The molecule has 1 fully saturated rings. The number of carbonyl (C=O) groups is 1. The maximum absolute atomic E-state index is 12.3. The summed E-state index contributed by atoms with van der Waals surface area (Å²) in [5.41, 5.74) is 1.37. The number of nitrogens with one attached hydrogen (secondary N) is 2. The van der Waals surface area contributed by atoms with Crippen LogP contribution in [0.25, 0.3) is 5.69 Å². The van der Waals surface area contributed by atoms with Gasteiger partial charge in [-0.3, -0.25) is 4.79 Å². The summed E-state index contributed by atoms with van der Waals surface area (Å²) in [5, 5.41) is 10.7. The molecule has 7 heteroatoms. The van der Waals surface area contributed by atoms with Gasteiger partial charge in [0.05, 0.1) is 24.6 Å². The monoisotopic (exact) mass is 306 g/mol. The van der Waals surface area contributed by atoms with E-state index in [0.29, 0.717) is 30.5 Å². The third kappa shape index (κ3) is 3.24. The highest BCUT2D eigenvalue weighted by Crippen LogP contribution is 2.24. The smallest absolute Gasteiger partial charge is 0.243 e. The third-order valence-corrected chi connectivity index (χ3v) is 3.44. The maximum Gasteiger partial charge on any atom is 0.243 e. The highest BCUT2D eigenvalue weighted by molar-refractivity contribution is 6.31. The van der Waals surface area contributed by atoms with E-state index < -0.39 is 0 Å². The highest BCUT2D eigenvalue weighted by atomic mass is 35.5. The number of aromatic nitrogens is 2. The fraction of sp³-hybridized carbons (Fsp3) is 0.286. The Morgan fingerprint density at radius 2 is 2.43 bits per heavy atom. The summed E-state index contributed by atoms with van der Waals surface area (Å²) in [6.07, 6.45) is 3.48. The van der Waals surface area contributed by atoms with Crippen LogP contribution in [0.2, 0.25) is 5.02 Å². The summed E-state index contributed by atoms with van der Waals surface area (Å²) < 4.78 is 6.98. The molecule has 6 nitrogen and oxygen atoms in total. The topological polar surface area (TPSA) is 68.2 Å². The van der Waals surface area contributed by atoms with E-state index in [9.17, 15) is 4.79 Å². The van der Waals surface area contributed by atoms with Crippen molar-refractivity contribution in [2.75, 3.05) is 25.1 Å². The minimum atomic E-state index is -0.358. The predicted octanol–water partition coefficient (Wildman–Crippen LogP) is 1.45. The van der Waals surface area contributed by atoms with Crippen LogP contribution in [-0.2, 0) is 9.53 Å². The van der Waals surface area contributed by atoms with Crippen molar-refractivity contribution in [3.8, 4) is 5.69 Å². The van der Waals surface area contributed by atoms with E-state index in [4.69, 9.17) is 16.3 Å². The Balaban J connectivity index is 1.84. The zero-order valence-electron chi connectivity index (χ0n) is 11.3. The molecule has 1 saturated heterocycles. The number of halogens is 1.